The quantitative estimate of drug-likeness (QED) is 0.492. The molecular formula is C26H40N4O2S2. The minimum atomic E-state index is -3.59. The highest BCUT2D eigenvalue weighted by Crippen LogP contribution is 2.35. The predicted octanol–water partition coefficient (Wildman–Crippen LogP) is 5.57. The van der Waals surface area contributed by atoms with Crippen molar-refractivity contribution in [3.63, 3.8) is 0 Å². The molecule has 1 aromatic heterocycles. The zero-order valence-electron chi connectivity index (χ0n) is 21.1. The van der Waals surface area contributed by atoms with Crippen molar-refractivity contribution in [3.8, 4) is 10.4 Å². The number of piperidine rings is 1. The molecule has 188 valence electrons. The van der Waals surface area contributed by atoms with Crippen LogP contribution >= 0.6 is 11.3 Å². The molecule has 0 amide bonds. The Balaban J connectivity index is 1.47. The summed E-state index contributed by atoms with van der Waals surface area (Å²) < 4.78 is 29.7. The van der Waals surface area contributed by atoms with Gasteiger partial charge >= 0.3 is 0 Å². The third-order valence-electron chi connectivity index (χ3n) is 7.38. The number of sulfonamides is 1. The third kappa shape index (κ3) is 6.20. The summed E-state index contributed by atoms with van der Waals surface area (Å²) in [5.41, 5.74) is 2.63. The molecule has 1 aliphatic heterocycles. The lowest BCUT2D eigenvalue weighted by molar-refractivity contribution is 0.168. The summed E-state index contributed by atoms with van der Waals surface area (Å²) in [5.74, 6) is 0.732. The van der Waals surface area contributed by atoms with Crippen molar-refractivity contribution in [2.45, 2.75) is 89.6 Å². The summed E-state index contributed by atoms with van der Waals surface area (Å²) in [6.07, 6.45) is 8.32. The van der Waals surface area contributed by atoms with E-state index in [9.17, 15) is 8.42 Å². The number of nitrogens with one attached hydrogen (secondary N) is 2. The van der Waals surface area contributed by atoms with Crippen LogP contribution in [0.5, 0.6) is 0 Å². The summed E-state index contributed by atoms with van der Waals surface area (Å²) in [5, 5.41) is 4.47. The molecule has 1 aliphatic carbocycles. The molecule has 1 aromatic carbocycles. The van der Waals surface area contributed by atoms with Gasteiger partial charge in [-0.05, 0) is 89.6 Å². The number of rotatable bonds is 8. The number of aryl methyl sites for hydroxylation is 2. The summed E-state index contributed by atoms with van der Waals surface area (Å²) in [7, 11) is -3.59. The normalized spacial score (nSPS) is 19.1. The lowest BCUT2D eigenvalue weighted by Crippen LogP contribution is -2.46. The van der Waals surface area contributed by atoms with Crippen molar-refractivity contribution in [2.24, 2.45) is 5.92 Å². The maximum absolute atomic E-state index is 13.3. The van der Waals surface area contributed by atoms with Crippen LogP contribution in [0.3, 0.4) is 0 Å². The Kier molecular flexibility index (Phi) is 8.33. The first-order chi connectivity index (χ1) is 16.2. The molecule has 8 heteroatoms. The van der Waals surface area contributed by atoms with E-state index in [-0.39, 0.29) is 6.04 Å². The first-order valence-electron chi connectivity index (χ1n) is 12.8. The Morgan fingerprint density at radius 3 is 2.47 bits per heavy atom. The van der Waals surface area contributed by atoms with E-state index in [1.54, 1.807) is 11.3 Å². The molecule has 0 atom stereocenters. The number of benzene rings is 1. The maximum Gasteiger partial charge on any atom is 0.241 e. The van der Waals surface area contributed by atoms with Gasteiger partial charge in [-0.1, -0.05) is 42.7 Å². The van der Waals surface area contributed by atoms with E-state index in [4.69, 9.17) is 4.98 Å². The Hall–Kier alpha value is -1.48. The third-order valence-corrected chi connectivity index (χ3v) is 10.2. The minimum Gasteiger partial charge on any atom is -0.361 e. The van der Waals surface area contributed by atoms with Crippen LogP contribution < -0.4 is 10.0 Å². The molecule has 2 aliphatic rings. The molecule has 2 aromatic rings. The van der Waals surface area contributed by atoms with Crippen LogP contribution in [0.25, 0.3) is 10.4 Å². The first kappa shape index (κ1) is 25.6. The Morgan fingerprint density at radius 1 is 1.09 bits per heavy atom. The van der Waals surface area contributed by atoms with E-state index in [1.807, 2.05) is 32.0 Å². The first-order valence-corrected chi connectivity index (χ1v) is 15.1. The maximum atomic E-state index is 13.3. The smallest absolute Gasteiger partial charge is 0.241 e. The van der Waals surface area contributed by atoms with Crippen LogP contribution in [0.4, 0.5) is 5.13 Å². The molecule has 2 fully saturated rings. The topological polar surface area (TPSA) is 74.3 Å². The average Bonchev–Trinajstić information content (AvgIpc) is 3.19. The zero-order chi connectivity index (χ0) is 24.3. The molecule has 6 nitrogen and oxygen atoms in total. The van der Waals surface area contributed by atoms with E-state index in [2.05, 4.69) is 28.8 Å². The SMILES string of the molecule is Cc1ccc(-c2sc(NCC3CCCCC3)nc2C)cc1S(=O)(=O)NC1CCN(C(C)C)CC1. The highest BCUT2D eigenvalue weighted by molar-refractivity contribution is 7.89. The van der Waals surface area contributed by atoms with Gasteiger partial charge in [0.1, 0.15) is 0 Å². The lowest BCUT2D eigenvalue weighted by Gasteiger charge is -2.34. The van der Waals surface area contributed by atoms with Gasteiger partial charge in [-0.2, -0.15) is 0 Å². The van der Waals surface area contributed by atoms with Gasteiger partial charge in [-0.25, -0.2) is 18.1 Å². The molecule has 1 saturated heterocycles. The Labute approximate surface area is 209 Å². The fraction of sp³-hybridized carbons (Fsp3) is 0.654. The summed E-state index contributed by atoms with van der Waals surface area (Å²) in [6.45, 7) is 11.1. The van der Waals surface area contributed by atoms with Crippen molar-refractivity contribution in [3.05, 3.63) is 29.5 Å². The van der Waals surface area contributed by atoms with Crippen molar-refractivity contribution in [1.29, 1.82) is 0 Å². The van der Waals surface area contributed by atoms with Crippen LogP contribution in [0.15, 0.2) is 23.1 Å². The average molecular weight is 505 g/mol. The van der Waals surface area contributed by atoms with Crippen LogP contribution in [0.1, 0.15) is 70.1 Å². The van der Waals surface area contributed by atoms with Crippen molar-refractivity contribution >= 4 is 26.5 Å². The Bertz CT molecular complexity index is 1070. The number of hydrogen-bond donors (Lipinski definition) is 2. The second-order valence-electron chi connectivity index (χ2n) is 10.3. The number of aromatic nitrogens is 1. The molecule has 4 rings (SSSR count). The van der Waals surface area contributed by atoms with E-state index in [0.29, 0.717) is 10.9 Å². The molecule has 0 unspecified atom stereocenters. The standard InChI is InChI=1S/C26H40N4O2S2/c1-18(2)30-14-12-23(13-15-30)29-34(31,32)24-16-22(11-10-19(24)3)25-20(4)28-26(33-25)27-17-21-8-6-5-7-9-21/h10-11,16,18,21,23,29H,5-9,12-15,17H2,1-4H3,(H,27,28). The van der Waals surface area contributed by atoms with Crippen LogP contribution in [0.2, 0.25) is 0 Å². The van der Waals surface area contributed by atoms with E-state index < -0.39 is 10.0 Å². The molecule has 2 heterocycles. The van der Waals surface area contributed by atoms with Gasteiger partial charge in [0, 0.05) is 18.6 Å². The second-order valence-corrected chi connectivity index (χ2v) is 13.0. The summed E-state index contributed by atoms with van der Waals surface area (Å²) in [4.78, 5) is 8.55. The van der Waals surface area contributed by atoms with Gasteiger partial charge in [0.2, 0.25) is 10.0 Å². The van der Waals surface area contributed by atoms with E-state index in [0.717, 1.165) is 65.2 Å². The lowest BCUT2D eigenvalue weighted by atomic mass is 9.89. The van der Waals surface area contributed by atoms with E-state index in [1.165, 1.54) is 32.1 Å². The number of nitrogens with zero attached hydrogens (tertiary/aromatic N) is 2. The fourth-order valence-electron chi connectivity index (χ4n) is 5.21. The number of anilines is 1. The largest absolute Gasteiger partial charge is 0.361 e. The van der Waals surface area contributed by atoms with Gasteiger partial charge < -0.3 is 10.2 Å². The molecule has 0 bridgehead atoms. The van der Waals surface area contributed by atoms with Crippen molar-refractivity contribution < 1.29 is 8.42 Å². The summed E-state index contributed by atoms with van der Waals surface area (Å²) in [6, 6.07) is 6.25. The predicted molar refractivity (Wildman–Crippen MR) is 142 cm³/mol. The highest BCUT2D eigenvalue weighted by atomic mass is 32.2. The number of likely N-dealkylation sites (tertiary alicyclic amines) is 1. The monoisotopic (exact) mass is 504 g/mol. The molecular weight excluding hydrogens is 464 g/mol. The highest BCUT2D eigenvalue weighted by Gasteiger charge is 2.27. The van der Waals surface area contributed by atoms with Gasteiger partial charge in [-0.3, -0.25) is 0 Å². The number of thiazole rings is 1. The second kappa shape index (κ2) is 11.1. The zero-order valence-corrected chi connectivity index (χ0v) is 22.7. The minimum absolute atomic E-state index is 0.0104. The number of hydrogen-bond acceptors (Lipinski definition) is 6. The van der Waals surface area contributed by atoms with Crippen LogP contribution in [0, 0.1) is 19.8 Å². The fourth-order valence-corrected chi connectivity index (χ4v) is 7.76. The van der Waals surface area contributed by atoms with Gasteiger partial charge in [-0.15, -0.1) is 0 Å². The molecule has 34 heavy (non-hydrogen) atoms. The summed E-state index contributed by atoms with van der Waals surface area (Å²) >= 11 is 1.62. The van der Waals surface area contributed by atoms with Gasteiger partial charge in [0.25, 0.3) is 0 Å². The van der Waals surface area contributed by atoms with Crippen molar-refractivity contribution in [1.82, 2.24) is 14.6 Å². The van der Waals surface area contributed by atoms with E-state index >= 15 is 0 Å². The van der Waals surface area contributed by atoms with Crippen LogP contribution in [-0.2, 0) is 10.0 Å². The Morgan fingerprint density at radius 2 is 1.79 bits per heavy atom. The molecule has 0 spiro atoms. The van der Waals surface area contributed by atoms with Crippen LogP contribution in [-0.4, -0.2) is 50.0 Å². The molecule has 1 saturated carbocycles. The molecule has 2 N–H and O–H groups in total. The van der Waals surface area contributed by atoms with Gasteiger partial charge in [0.15, 0.2) is 5.13 Å². The van der Waals surface area contributed by atoms with Crippen molar-refractivity contribution in [2.75, 3.05) is 25.0 Å². The van der Waals surface area contributed by atoms with Gasteiger partial charge in [0.05, 0.1) is 15.5 Å². The molecule has 0 radical (unpaired) electrons.